The molecule has 0 spiro atoms. The zero-order valence-electron chi connectivity index (χ0n) is 11.3. The Bertz CT molecular complexity index is 446. The Kier molecular flexibility index (Phi) is 6.01. The van der Waals surface area contributed by atoms with Gasteiger partial charge >= 0.3 is 12.1 Å². The fourth-order valence-electron chi connectivity index (χ4n) is 2.07. The summed E-state index contributed by atoms with van der Waals surface area (Å²) in [6, 6.07) is 6.71. The second-order valence-corrected chi connectivity index (χ2v) is 4.67. The molecule has 0 fully saturated rings. The molecular formula is C14H18F3NO2. The molecule has 1 rings (SSSR count). The largest absolute Gasteiger partial charge is 0.481 e. The normalized spacial score (nSPS) is 11.8. The van der Waals surface area contributed by atoms with Crippen molar-refractivity contribution in [3.05, 3.63) is 35.4 Å². The molecule has 0 bridgehead atoms. The number of nitrogens with zero attached hydrogens (tertiary/aromatic N) is 1. The third-order valence-electron chi connectivity index (χ3n) is 2.80. The highest BCUT2D eigenvalue weighted by Crippen LogP contribution is 2.20. The Balaban J connectivity index is 2.84. The molecule has 0 amide bonds. The van der Waals surface area contributed by atoms with Crippen molar-refractivity contribution < 1.29 is 23.1 Å². The third-order valence-corrected chi connectivity index (χ3v) is 2.80. The number of carboxylic acids is 1. The van der Waals surface area contributed by atoms with Crippen LogP contribution in [0, 0.1) is 0 Å². The molecule has 20 heavy (non-hydrogen) atoms. The Morgan fingerprint density at radius 3 is 2.35 bits per heavy atom. The van der Waals surface area contributed by atoms with E-state index in [0.717, 1.165) is 0 Å². The standard InChI is InChI=1S/C14H18F3NO2/c1-2-7-18(10-14(15,16)17)9-12-6-4-3-5-11(12)8-13(19)20/h3-6H,2,7-10H2,1H3,(H,19,20). The van der Waals surface area contributed by atoms with E-state index in [2.05, 4.69) is 0 Å². The average molecular weight is 289 g/mol. The van der Waals surface area contributed by atoms with Gasteiger partial charge in [-0.15, -0.1) is 0 Å². The molecule has 0 atom stereocenters. The monoisotopic (exact) mass is 289 g/mol. The summed E-state index contributed by atoms with van der Waals surface area (Å²) in [5.41, 5.74) is 1.19. The van der Waals surface area contributed by atoms with Crippen molar-refractivity contribution in [3.8, 4) is 0 Å². The third kappa shape index (κ3) is 6.06. The number of carbonyl (C=O) groups is 1. The van der Waals surface area contributed by atoms with Crippen LogP contribution in [0.2, 0.25) is 0 Å². The van der Waals surface area contributed by atoms with Crippen molar-refractivity contribution in [2.75, 3.05) is 13.1 Å². The second-order valence-electron chi connectivity index (χ2n) is 4.67. The van der Waals surface area contributed by atoms with Crippen LogP contribution in [0.15, 0.2) is 24.3 Å². The molecule has 0 aliphatic heterocycles. The van der Waals surface area contributed by atoms with Gasteiger partial charge in [-0.1, -0.05) is 31.2 Å². The van der Waals surface area contributed by atoms with Gasteiger partial charge in [0.15, 0.2) is 0 Å². The summed E-state index contributed by atoms with van der Waals surface area (Å²) in [7, 11) is 0. The van der Waals surface area contributed by atoms with Crippen molar-refractivity contribution >= 4 is 5.97 Å². The Hall–Kier alpha value is -1.56. The lowest BCUT2D eigenvalue weighted by Gasteiger charge is -2.24. The maximum atomic E-state index is 12.5. The van der Waals surface area contributed by atoms with Gasteiger partial charge in [-0.3, -0.25) is 9.69 Å². The zero-order chi connectivity index (χ0) is 15.2. The van der Waals surface area contributed by atoms with E-state index in [1.807, 2.05) is 6.92 Å². The smallest absolute Gasteiger partial charge is 0.401 e. The van der Waals surface area contributed by atoms with Gasteiger partial charge in [-0.05, 0) is 24.1 Å². The fraction of sp³-hybridized carbons (Fsp3) is 0.500. The molecule has 6 heteroatoms. The molecule has 0 unspecified atom stereocenters. The summed E-state index contributed by atoms with van der Waals surface area (Å²) < 4.78 is 37.5. The minimum absolute atomic E-state index is 0.108. The van der Waals surface area contributed by atoms with Gasteiger partial charge in [0.2, 0.25) is 0 Å². The minimum Gasteiger partial charge on any atom is -0.481 e. The lowest BCUT2D eigenvalue weighted by Crippen LogP contribution is -2.34. The van der Waals surface area contributed by atoms with Crippen LogP contribution >= 0.6 is 0 Å². The predicted molar refractivity (Wildman–Crippen MR) is 69.4 cm³/mol. The van der Waals surface area contributed by atoms with Crippen LogP contribution in [0.3, 0.4) is 0 Å². The van der Waals surface area contributed by atoms with Gasteiger partial charge in [-0.25, -0.2) is 0 Å². The zero-order valence-corrected chi connectivity index (χ0v) is 11.3. The Labute approximate surface area is 116 Å². The van der Waals surface area contributed by atoms with E-state index in [1.54, 1.807) is 24.3 Å². The molecule has 0 heterocycles. The summed E-state index contributed by atoms with van der Waals surface area (Å²) in [6.07, 6.45) is -3.82. The molecule has 0 radical (unpaired) electrons. The Morgan fingerprint density at radius 1 is 1.25 bits per heavy atom. The molecule has 0 aliphatic carbocycles. The number of aliphatic carboxylic acids is 1. The summed E-state index contributed by atoms with van der Waals surface area (Å²) in [6.45, 7) is 1.26. The maximum absolute atomic E-state index is 12.5. The maximum Gasteiger partial charge on any atom is 0.401 e. The first-order valence-electron chi connectivity index (χ1n) is 6.39. The van der Waals surface area contributed by atoms with Crippen molar-refractivity contribution in [1.82, 2.24) is 4.90 Å². The number of rotatable bonds is 7. The highest BCUT2D eigenvalue weighted by molar-refractivity contribution is 5.70. The van der Waals surface area contributed by atoms with E-state index in [9.17, 15) is 18.0 Å². The van der Waals surface area contributed by atoms with Crippen LogP contribution < -0.4 is 0 Å². The molecule has 1 aromatic carbocycles. The molecule has 1 N–H and O–H groups in total. The van der Waals surface area contributed by atoms with Gasteiger partial charge < -0.3 is 5.11 Å². The number of hydrogen-bond acceptors (Lipinski definition) is 2. The molecule has 0 saturated carbocycles. The first-order chi connectivity index (χ1) is 9.31. The van der Waals surface area contributed by atoms with E-state index in [4.69, 9.17) is 5.11 Å². The van der Waals surface area contributed by atoms with E-state index in [-0.39, 0.29) is 13.0 Å². The first-order valence-corrected chi connectivity index (χ1v) is 6.39. The van der Waals surface area contributed by atoms with Crippen LogP contribution in [0.25, 0.3) is 0 Å². The molecule has 0 aromatic heterocycles. The first kappa shape index (κ1) is 16.5. The van der Waals surface area contributed by atoms with E-state index < -0.39 is 18.7 Å². The van der Waals surface area contributed by atoms with Gasteiger partial charge in [0.25, 0.3) is 0 Å². The van der Waals surface area contributed by atoms with Crippen LogP contribution in [-0.2, 0) is 17.8 Å². The number of alkyl halides is 3. The van der Waals surface area contributed by atoms with Crippen molar-refractivity contribution in [1.29, 1.82) is 0 Å². The summed E-state index contributed by atoms with van der Waals surface area (Å²) in [5.74, 6) is -0.990. The molecule has 3 nitrogen and oxygen atoms in total. The van der Waals surface area contributed by atoms with Gasteiger partial charge in [-0.2, -0.15) is 13.2 Å². The number of carboxylic acid groups (broad SMARTS) is 1. The van der Waals surface area contributed by atoms with E-state index in [1.165, 1.54) is 4.90 Å². The van der Waals surface area contributed by atoms with Crippen molar-refractivity contribution in [3.63, 3.8) is 0 Å². The lowest BCUT2D eigenvalue weighted by atomic mass is 10.0. The van der Waals surface area contributed by atoms with Crippen LogP contribution in [0.5, 0.6) is 0 Å². The quantitative estimate of drug-likeness (QED) is 0.838. The van der Waals surface area contributed by atoms with Crippen LogP contribution in [-0.4, -0.2) is 35.2 Å². The number of halogens is 3. The topological polar surface area (TPSA) is 40.5 Å². The summed E-state index contributed by atoms with van der Waals surface area (Å²) in [4.78, 5) is 12.1. The number of benzene rings is 1. The van der Waals surface area contributed by atoms with Crippen LogP contribution in [0.1, 0.15) is 24.5 Å². The molecule has 112 valence electrons. The second kappa shape index (κ2) is 7.28. The van der Waals surface area contributed by atoms with Gasteiger partial charge in [0.05, 0.1) is 13.0 Å². The van der Waals surface area contributed by atoms with Gasteiger partial charge in [0.1, 0.15) is 0 Å². The highest BCUT2D eigenvalue weighted by Gasteiger charge is 2.30. The Morgan fingerprint density at radius 2 is 1.85 bits per heavy atom. The van der Waals surface area contributed by atoms with Crippen molar-refractivity contribution in [2.45, 2.75) is 32.5 Å². The van der Waals surface area contributed by atoms with Crippen molar-refractivity contribution in [2.24, 2.45) is 0 Å². The van der Waals surface area contributed by atoms with Crippen LogP contribution in [0.4, 0.5) is 13.2 Å². The lowest BCUT2D eigenvalue weighted by molar-refractivity contribution is -0.147. The van der Waals surface area contributed by atoms with E-state index in [0.29, 0.717) is 24.1 Å². The fourth-order valence-corrected chi connectivity index (χ4v) is 2.07. The molecular weight excluding hydrogens is 271 g/mol. The summed E-state index contributed by atoms with van der Waals surface area (Å²) >= 11 is 0. The number of hydrogen-bond donors (Lipinski definition) is 1. The SMILES string of the molecule is CCCN(Cc1ccccc1CC(=O)O)CC(F)(F)F. The van der Waals surface area contributed by atoms with E-state index >= 15 is 0 Å². The predicted octanol–water partition coefficient (Wildman–Crippen LogP) is 3.09. The van der Waals surface area contributed by atoms with Gasteiger partial charge in [0, 0.05) is 6.54 Å². The minimum atomic E-state index is -4.25. The summed E-state index contributed by atoms with van der Waals surface area (Å²) in [5, 5.41) is 8.82. The molecule has 0 saturated heterocycles. The average Bonchev–Trinajstić information content (AvgIpc) is 2.29. The molecule has 1 aromatic rings. The highest BCUT2D eigenvalue weighted by atomic mass is 19.4. The molecule has 0 aliphatic rings.